The Hall–Kier alpha value is -3.35. The molecule has 1 amide bonds. The van der Waals surface area contributed by atoms with E-state index in [4.69, 9.17) is 0 Å². The van der Waals surface area contributed by atoms with Gasteiger partial charge in [0.2, 0.25) is 0 Å². The first-order valence-electron chi connectivity index (χ1n) is 8.08. The number of carbonyl (C=O) groups excluding carboxylic acids is 1. The van der Waals surface area contributed by atoms with Gasteiger partial charge in [-0.15, -0.1) is 0 Å². The van der Waals surface area contributed by atoms with Crippen molar-refractivity contribution < 1.29 is 14.7 Å². The van der Waals surface area contributed by atoms with Crippen LogP contribution in [0.5, 0.6) is 0 Å². The maximum absolute atomic E-state index is 12.7. The highest BCUT2D eigenvalue weighted by Gasteiger charge is 2.34. The van der Waals surface area contributed by atoms with Crippen LogP contribution in [-0.2, 0) is 4.79 Å². The molecule has 1 N–H and O–H groups in total. The molecule has 1 aliphatic heterocycles. The number of rotatable bonds is 4. The molecule has 7 heteroatoms. The van der Waals surface area contributed by atoms with Crippen molar-refractivity contribution in [3.63, 3.8) is 0 Å². The highest BCUT2D eigenvalue weighted by atomic mass is 16.4. The van der Waals surface area contributed by atoms with Gasteiger partial charge in [-0.3, -0.25) is 4.79 Å². The monoisotopic (exact) mass is 350 g/mol. The fourth-order valence-corrected chi connectivity index (χ4v) is 2.64. The summed E-state index contributed by atoms with van der Waals surface area (Å²) in [6, 6.07) is 11.4. The molecule has 1 heterocycles. The third-order valence-electron chi connectivity index (χ3n) is 4.12. The number of hydrogen-bond donors (Lipinski definition) is 1. The van der Waals surface area contributed by atoms with Gasteiger partial charge < -0.3 is 5.11 Å². The van der Waals surface area contributed by atoms with Crippen molar-refractivity contribution in [3.8, 4) is 0 Å². The number of aromatic carboxylic acids is 1. The molecule has 2 aromatic rings. The lowest BCUT2D eigenvalue weighted by molar-refractivity contribution is -0.117. The average Bonchev–Trinajstić information content (AvgIpc) is 2.88. The molecule has 0 aliphatic carbocycles. The predicted molar refractivity (Wildman–Crippen MR) is 98.2 cm³/mol. The number of carbonyl (C=O) groups is 2. The number of carboxylic acids is 1. The van der Waals surface area contributed by atoms with Crippen molar-refractivity contribution in [1.29, 1.82) is 0 Å². The molecule has 2 aromatic carbocycles. The van der Waals surface area contributed by atoms with Crippen LogP contribution in [0.25, 0.3) is 0 Å². The fraction of sp³-hybridized carbons (Fsp3) is 0.211. The smallest absolute Gasteiger partial charge is 0.337 e. The Morgan fingerprint density at radius 3 is 2.46 bits per heavy atom. The molecule has 0 bridgehead atoms. The summed E-state index contributed by atoms with van der Waals surface area (Å²) in [7, 11) is 0. The molecule has 1 aliphatic rings. The van der Waals surface area contributed by atoms with Gasteiger partial charge in [-0.2, -0.15) is 20.3 Å². The van der Waals surface area contributed by atoms with Crippen LogP contribution in [-0.4, -0.2) is 28.7 Å². The zero-order chi connectivity index (χ0) is 18.8. The summed E-state index contributed by atoms with van der Waals surface area (Å²) in [4.78, 5) is 24.0. The Balaban J connectivity index is 1.89. The fourth-order valence-electron chi connectivity index (χ4n) is 2.64. The van der Waals surface area contributed by atoms with E-state index in [1.165, 1.54) is 11.1 Å². The number of aryl methyl sites for hydroxylation is 2. The number of azo groups is 1. The molecule has 3 rings (SSSR count). The highest BCUT2D eigenvalue weighted by molar-refractivity contribution is 6.18. The van der Waals surface area contributed by atoms with Crippen molar-refractivity contribution in [2.75, 3.05) is 5.01 Å². The normalized spacial score (nSPS) is 17.0. The Morgan fingerprint density at radius 1 is 1.12 bits per heavy atom. The number of anilines is 1. The minimum Gasteiger partial charge on any atom is -0.478 e. The Bertz CT molecular complexity index is 932. The van der Waals surface area contributed by atoms with Gasteiger partial charge in [0.1, 0.15) is 5.69 Å². The molecular weight excluding hydrogens is 332 g/mol. The first-order valence-corrected chi connectivity index (χ1v) is 8.08. The minimum atomic E-state index is -1.09. The van der Waals surface area contributed by atoms with Crippen LogP contribution in [0.2, 0.25) is 0 Å². The Kier molecular flexibility index (Phi) is 4.62. The first kappa shape index (κ1) is 17.5. The van der Waals surface area contributed by atoms with Crippen LogP contribution >= 0.6 is 0 Å². The second kappa shape index (κ2) is 6.87. The van der Waals surface area contributed by atoms with Crippen molar-refractivity contribution in [3.05, 3.63) is 59.2 Å². The van der Waals surface area contributed by atoms with Gasteiger partial charge in [0.15, 0.2) is 6.04 Å². The summed E-state index contributed by atoms with van der Waals surface area (Å²) in [5.41, 5.74) is 3.20. The van der Waals surface area contributed by atoms with Gasteiger partial charge in [0, 0.05) is 0 Å². The van der Waals surface area contributed by atoms with Crippen LogP contribution in [0.3, 0.4) is 0 Å². The van der Waals surface area contributed by atoms with E-state index in [0.717, 1.165) is 5.56 Å². The van der Waals surface area contributed by atoms with Gasteiger partial charge in [0.05, 0.1) is 17.0 Å². The molecular formula is C19H18N4O3. The molecule has 0 saturated carbocycles. The van der Waals surface area contributed by atoms with Crippen LogP contribution in [0.15, 0.2) is 57.8 Å². The maximum atomic E-state index is 12.7. The quantitative estimate of drug-likeness (QED) is 0.848. The lowest BCUT2D eigenvalue weighted by Gasteiger charge is -2.12. The first-order chi connectivity index (χ1) is 12.4. The summed E-state index contributed by atoms with van der Waals surface area (Å²) in [6.07, 6.45) is 0. The number of hydrogen-bond acceptors (Lipinski definition) is 5. The van der Waals surface area contributed by atoms with E-state index in [-0.39, 0.29) is 17.2 Å². The second-order valence-electron chi connectivity index (χ2n) is 6.12. The number of nitrogens with zero attached hydrogens (tertiary/aromatic N) is 4. The van der Waals surface area contributed by atoms with Gasteiger partial charge in [-0.05, 0) is 44.5 Å². The predicted octanol–water partition coefficient (Wildman–Crippen LogP) is 3.88. The number of benzene rings is 2. The van der Waals surface area contributed by atoms with Gasteiger partial charge in [0.25, 0.3) is 5.91 Å². The number of hydrazone groups is 1. The zero-order valence-corrected chi connectivity index (χ0v) is 14.7. The topological polar surface area (TPSA) is 94.7 Å². The van der Waals surface area contributed by atoms with E-state index >= 15 is 0 Å². The van der Waals surface area contributed by atoms with E-state index in [0.29, 0.717) is 17.0 Å². The summed E-state index contributed by atoms with van der Waals surface area (Å²) >= 11 is 0. The SMILES string of the molecule is CC1=NN(c2ccc(C)cc2)C(=O)C1N=Nc1c(C)cccc1C(=O)O. The van der Waals surface area contributed by atoms with E-state index in [9.17, 15) is 14.7 Å². The highest BCUT2D eigenvalue weighted by Crippen LogP contribution is 2.27. The van der Waals surface area contributed by atoms with Gasteiger partial charge >= 0.3 is 5.97 Å². The maximum Gasteiger partial charge on any atom is 0.337 e. The molecule has 0 fully saturated rings. The molecule has 0 aromatic heterocycles. The molecule has 132 valence electrons. The minimum absolute atomic E-state index is 0.0455. The molecule has 26 heavy (non-hydrogen) atoms. The largest absolute Gasteiger partial charge is 0.478 e. The van der Waals surface area contributed by atoms with Crippen molar-refractivity contribution in [2.45, 2.75) is 26.8 Å². The molecule has 0 radical (unpaired) electrons. The van der Waals surface area contributed by atoms with E-state index in [1.54, 1.807) is 26.0 Å². The van der Waals surface area contributed by atoms with Gasteiger partial charge in [-0.25, -0.2) is 4.79 Å². The van der Waals surface area contributed by atoms with Crippen molar-refractivity contribution in [2.24, 2.45) is 15.3 Å². The van der Waals surface area contributed by atoms with E-state index < -0.39 is 12.0 Å². The van der Waals surface area contributed by atoms with Crippen LogP contribution in [0.1, 0.15) is 28.4 Å². The zero-order valence-electron chi connectivity index (χ0n) is 14.7. The summed E-state index contributed by atoms with van der Waals surface area (Å²) in [6.45, 7) is 5.41. The van der Waals surface area contributed by atoms with Gasteiger partial charge in [-0.1, -0.05) is 29.8 Å². The van der Waals surface area contributed by atoms with Crippen LogP contribution < -0.4 is 5.01 Å². The molecule has 1 atom stereocenters. The number of amides is 1. The lowest BCUT2D eigenvalue weighted by Crippen LogP contribution is -2.29. The molecule has 1 unspecified atom stereocenters. The molecule has 7 nitrogen and oxygen atoms in total. The third-order valence-corrected chi connectivity index (χ3v) is 4.12. The summed E-state index contributed by atoms with van der Waals surface area (Å²) in [5, 5.41) is 23.0. The van der Waals surface area contributed by atoms with Crippen LogP contribution in [0, 0.1) is 13.8 Å². The van der Waals surface area contributed by atoms with Crippen LogP contribution in [0.4, 0.5) is 11.4 Å². The number of carboxylic acid groups (broad SMARTS) is 1. The van der Waals surface area contributed by atoms with Crippen molar-refractivity contribution >= 4 is 29.0 Å². The Labute approximate surface area is 150 Å². The standard InChI is InChI=1S/C19H18N4O3/c1-11-7-9-14(10-8-11)23-18(24)17(13(3)22-23)21-20-16-12(2)5-4-6-15(16)19(25)26/h4-10,17H,1-3H3,(H,25,26). The molecule has 0 spiro atoms. The average molecular weight is 350 g/mol. The summed E-state index contributed by atoms with van der Waals surface area (Å²) in [5.74, 6) is -1.41. The van der Waals surface area contributed by atoms with E-state index in [1.807, 2.05) is 31.2 Å². The molecule has 0 saturated heterocycles. The van der Waals surface area contributed by atoms with E-state index in [2.05, 4.69) is 15.3 Å². The summed E-state index contributed by atoms with van der Waals surface area (Å²) < 4.78 is 0. The Morgan fingerprint density at radius 2 is 1.81 bits per heavy atom. The lowest BCUT2D eigenvalue weighted by atomic mass is 10.1. The third kappa shape index (κ3) is 3.23. The second-order valence-corrected chi connectivity index (χ2v) is 6.12. The van der Waals surface area contributed by atoms with Crippen molar-refractivity contribution in [1.82, 2.24) is 0 Å².